The summed E-state index contributed by atoms with van der Waals surface area (Å²) in [5.41, 5.74) is 0. The van der Waals surface area contributed by atoms with Crippen molar-refractivity contribution >= 4 is 5.97 Å². The van der Waals surface area contributed by atoms with Crippen LogP contribution in [0.2, 0.25) is 0 Å². The van der Waals surface area contributed by atoms with Crippen molar-refractivity contribution in [1.82, 2.24) is 0 Å². The third kappa shape index (κ3) is 24.1. The highest BCUT2D eigenvalue weighted by Gasteiger charge is 2.47. The fraction of sp³-hybridized carbons (Fsp3) is 0.771. The number of ether oxygens (including phenoxy) is 6. The van der Waals surface area contributed by atoms with Crippen LogP contribution >= 0.6 is 0 Å². The highest BCUT2D eigenvalue weighted by Crippen LogP contribution is 2.26. The zero-order chi connectivity index (χ0) is 45.2. The first kappa shape index (κ1) is 55.8. The summed E-state index contributed by atoms with van der Waals surface area (Å²) in [6, 6.07) is 0. The number of aliphatic hydroxyl groups is 7. The monoisotopic (exact) mass is 883 g/mol. The summed E-state index contributed by atoms with van der Waals surface area (Å²) in [7, 11) is 0. The van der Waals surface area contributed by atoms with E-state index < -0.39 is 86.7 Å². The lowest BCUT2D eigenvalue weighted by Crippen LogP contribution is -2.61. The van der Waals surface area contributed by atoms with Crippen LogP contribution in [-0.2, 0) is 33.2 Å². The molecule has 2 aliphatic heterocycles. The Morgan fingerprint density at radius 2 is 1.05 bits per heavy atom. The first-order chi connectivity index (χ1) is 30.1. The van der Waals surface area contributed by atoms with Gasteiger partial charge in [0, 0.05) is 13.0 Å². The summed E-state index contributed by atoms with van der Waals surface area (Å²) in [6.45, 7) is 3.43. The van der Waals surface area contributed by atoms with Gasteiger partial charge in [-0.1, -0.05) is 132 Å². The minimum Gasteiger partial charge on any atom is -0.457 e. The van der Waals surface area contributed by atoms with E-state index in [0.717, 1.165) is 103 Å². The van der Waals surface area contributed by atoms with Gasteiger partial charge < -0.3 is 64.2 Å². The van der Waals surface area contributed by atoms with E-state index in [4.69, 9.17) is 28.4 Å². The molecule has 0 aromatic rings. The number of rotatable bonds is 35. The first-order valence-electron chi connectivity index (χ1n) is 23.4. The fourth-order valence-corrected chi connectivity index (χ4v) is 6.96. The number of carbonyl (C=O) groups excluding carboxylic acids is 1. The molecule has 14 nitrogen and oxygen atoms in total. The Labute approximate surface area is 371 Å². The van der Waals surface area contributed by atoms with Gasteiger partial charge >= 0.3 is 5.97 Å². The second kappa shape index (κ2) is 36.0. The Kier molecular flexibility index (Phi) is 32.4. The molecule has 2 rings (SSSR count). The summed E-state index contributed by atoms with van der Waals surface area (Å²) in [5.74, 6) is -0.395. The van der Waals surface area contributed by atoms with E-state index in [9.17, 15) is 40.5 Å². The number of esters is 1. The van der Waals surface area contributed by atoms with E-state index >= 15 is 0 Å². The van der Waals surface area contributed by atoms with Crippen molar-refractivity contribution in [3.05, 3.63) is 60.8 Å². The lowest BCUT2D eigenvalue weighted by Gasteiger charge is -2.42. The van der Waals surface area contributed by atoms with Gasteiger partial charge in [0.25, 0.3) is 0 Å². The van der Waals surface area contributed by atoms with Gasteiger partial charge in [-0.3, -0.25) is 4.79 Å². The molecule has 2 heterocycles. The molecule has 0 aliphatic carbocycles. The van der Waals surface area contributed by atoms with Crippen LogP contribution < -0.4 is 0 Å². The van der Waals surface area contributed by atoms with Crippen molar-refractivity contribution in [2.75, 3.05) is 33.0 Å². The molecular weight excluding hydrogens is 801 g/mol. The normalized spacial score (nSPS) is 27.8. The van der Waals surface area contributed by atoms with Crippen LogP contribution in [0.5, 0.6) is 0 Å². The van der Waals surface area contributed by atoms with Gasteiger partial charge in [0.05, 0.1) is 26.4 Å². The predicted molar refractivity (Wildman–Crippen MR) is 238 cm³/mol. The summed E-state index contributed by atoms with van der Waals surface area (Å²) >= 11 is 0. The largest absolute Gasteiger partial charge is 0.457 e. The third-order valence-corrected chi connectivity index (χ3v) is 10.8. The Hall–Kier alpha value is -2.31. The highest BCUT2D eigenvalue weighted by atomic mass is 16.7. The molecular formula is C48H82O14. The lowest BCUT2D eigenvalue weighted by atomic mass is 9.98. The number of unbranched alkanes of at least 4 members (excludes halogenated alkanes) is 11. The summed E-state index contributed by atoms with van der Waals surface area (Å²) in [4.78, 5) is 12.8. The van der Waals surface area contributed by atoms with Gasteiger partial charge in [-0.2, -0.15) is 0 Å². The van der Waals surface area contributed by atoms with Gasteiger partial charge in [-0.15, -0.1) is 0 Å². The van der Waals surface area contributed by atoms with Crippen molar-refractivity contribution in [3.8, 4) is 0 Å². The van der Waals surface area contributed by atoms with Gasteiger partial charge in [0.2, 0.25) is 0 Å². The molecule has 62 heavy (non-hydrogen) atoms. The second-order valence-electron chi connectivity index (χ2n) is 16.2. The number of hydrogen-bond donors (Lipinski definition) is 7. The Balaban J connectivity index is 1.72. The first-order valence-corrected chi connectivity index (χ1v) is 23.4. The molecule has 0 saturated carbocycles. The van der Waals surface area contributed by atoms with Crippen LogP contribution in [0, 0.1) is 0 Å². The topological polar surface area (TPSA) is 214 Å². The van der Waals surface area contributed by atoms with Gasteiger partial charge in [-0.25, -0.2) is 0 Å². The fourth-order valence-electron chi connectivity index (χ4n) is 6.96. The van der Waals surface area contributed by atoms with Crippen molar-refractivity contribution < 1.29 is 69.0 Å². The van der Waals surface area contributed by atoms with E-state index in [1.165, 1.54) is 6.42 Å². The van der Waals surface area contributed by atoms with Crippen LogP contribution in [-0.4, -0.2) is 142 Å². The summed E-state index contributed by atoms with van der Waals surface area (Å²) in [6.07, 6.45) is 24.7. The second-order valence-corrected chi connectivity index (χ2v) is 16.2. The third-order valence-electron chi connectivity index (χ3n) is 10.8. The molecule has 0 amide bonds. The molecule has 0 radical (unpaired) electrons. The van der Waals surface area contributed by atoms with Crippen LogP contribution in [0.15, 0.2) is 60.8 Å². The molecule has 2 fully saturated rings. The Bertz CT molecular complexity index is 1250. The molecule has 0 spiro atoms. The van der Waals surface area contributed by atoms with Crippen molar-refractivity contribution in [2.24, 2.45) is 0 Å². The molecule has 2 saturated heterocycles. The number of carbonyl (C=O) groups is 1. The molecule has 0 aromatic carbocycles. The van der Waals surface area contributed by atoms with E-state index in [1.54, 1.807) is 0 Å². The standard InChI is InChI=1S/C48H82O14/c1-3-5-7-9-11-12-13-14-15-16-17-18-19-20-21-22-23-24-25-26-28-30-32-57-34-37(60-40(50)31-29-27-10-8-6-4-2)35-58-47-46(56)44(54)42(52)39(62-47)36-59-48-45(55)43(53)41(51)38(33-49)61-48/h5,7,11-12,14-15,17-18,20-21,37-39,41-49,51-56H,3-4,6,8-10,13,16,19,22-36H2,1-2H3/b7-5-,12-11-,15-14-,18-17-,21-20-. The molecule has 14 heteroatoms. The van der Waals surface area contributed by atoms with Crippen molar-refractivity contribution in [2.45, 2.75) is 203 Å². The molecule has 11 unspecified atom stereocenters. The lowest BCUT2D eigenvalue weighted by molar-refractivity contribution is -0.332. The average molecular weight is 883 g/mol. The van der Waals surface area contributed by atoms with E-state index in [1.807, 2.05) is 0 Å². The number of allylic oxidation sites excluding steroid dienone is 10. The van der Waals surface area contributed by atoms with Gasteiger partial charge in [0.1, 0.15) is 54.9 Å². The molecule has 2 aliphatic rings. The molecule has 0 bridgehead atoms. The van der Waals surface area contributed by atoms with Crippen molar-refractivity contribution in [3.63, 3.8) is 0 Å². The van der Waals surface area contributed by atoms with Crippen LogP contribution in [0.1, 0.15) is 136 Å². The summed E-state index contributed by atoms with van der Waals surface area (Å²) < 4.78 is 34.0. The quantitative estimate of drug-likeness (QED) is 0.0228. The molecule has 11 atom stereocenters. The van der Waals surface area contributed by atoms with Crippen LogP contribution in [0.4, 0.5) is 0 Å². The number of aliphatic hydroxyl groups excluding tert-OH is 7. The highest BCUT2D eigenvalue weighted by molar-refractivity contribution is 5.69. The minimum absolute atomic E-state index is 0.0487. The van der Waals surface area contributed by atoms with Crippen LogP contribution in [0.25, 0.3) is 0 Å². The van der Waals surface area contributed by atoms with Gasteiger partial charge in [0.15, 0.2) is 12.6 Å². The Morgan fingerprint density at radius 3 is 1.65 bits per heavy atom. The minimum atomic E-state index is -1.71. The SMILES string of the molecule is CC/C=C\C/C=C\C/C=C\C/C=C\C/C=C\CCCCCCCCOCC(COC1OC(COC2OC(CO)C(O)C(O)C2O)C(O)C(O)C1O)OC(=O)CCCCCCCC. The summed E-state index contributed by atoms with van der Waals surface area (Å²) in [5, 5.41) is 71.8. The van der Waals surface area contributed by atoms with E-state index in [2.05, 4.69) is 74.6 Å². The molecule has 7 N–H and O–H groups in total. The van der Waals surface area contributed by atoms with Gasteiger partial charge in [-0.05, 0) is 57.8 Å². The maximum atomic E-state index is 12.8. The average Bonchev–Trinajstić information content (AvgIpc) is 3.27. The predicted octanol–water partition coefficient (Wildman–Crippen LogP) is 5.79. The smallest absolute Gasteiger partial charge is 0.306 e. The number of hydrogen-bond acceptors (Lipinski definition) is 14. The van der Waals surface area contributed by atoms with Crippen LogP contribution in [0.3, 0.4) is 0 Å². The van der Waals surface area contributed by atoms with E-state index in [-0.39, 0.29) is 19.6 Å². The maximum absolute atomic E-state index is 12.8. The molecule has 358 valence electrons. The van der Waals surface area contributed by atoms with Crippen molar-refractivity contribution in [1.29, 1.82) is 0 Å². The zero-order valence-corrected chi connectivity index (χ0v) is 37.6. The maximum Gasteiger partial charge on any atom is 0.306 e. The zero-order valence-electron chi connectivity index (χ0n) is 37.6. The van der Waals surface area contributed by atoms with E-state index in [0.29, 0.717) is 13.0 Å². The Morgan fingerprint density at radius 1 is 0.548 bits per heavy atom. The molecule has 0 aromatic heterocycles.